The number of thiophene rings is 1. The van der Waals surface area contributed by atoms with Gasteiger partial charge in [0, 0.05) is 36.4 Å². The van der Waals surface area contributed by atoms with Crippen LogP contribution < -0.4 is 5.32 Å². The number of aromatic nitrogens is 1. The monoisotopic (exact) mass is 449 g/mol. The van der Waals surface area contributed by atoms with Crippen LogP contribution in [-0.2, 0) is 24.1 Å². The average molecular weight is 450 g/mol. The quantitative estimate of drug-likeness (QED) is 0.508. The highest BCUT2D eigenvalue weighted by Gasteiger charge is 2.35. The molecule has 0 spiro atoms. The third-order valence-corrected chi connectivity index (χ3v) is 7.83. The van der Waals surface area contributed by atoms with Crippen molar-refractivity contribution in [2.45, 2.75) is 51.6 Å². The van der Waals surface area contributed by atoms with E-state index in [0.717, 1.165) is 30.5 Å². The fourth-order valence-corrected chi connectivity index (χ4v) is 6.39. The number of hydrogen-bond donors (Lipinski definition) is 1. The Morgan fingerprint density at radius 2 is 1.97 bits per heavy atom. The van der Waals surface area contributed by atoms with Crippen LogP contribution in [0.2, 0.25) is 0 Å². The molecule has 1 atom stereocenters. The Kier molecular flexibility index (Phi) is 6.32. The summed E-state index contributed by atoms with van der Waals surface area (Å²) < 4.78 is 7.77. The van der Waals surface area contributed by atoms with E-state index in [4.69, 9.17) is 4.74 Å². The van der Waals surface area contributed by atoms with Crippen molar-refractivity contribution >= 4 is 17.4 Å². The molecule has 0 saturated carbocycles. The van der Waals surface area contributed by atoms with Crippen molar-refractivity contribution in [1.29, 1.82) is 0 Å². The van der Waals surface area contributed by atoms with Gasteiger partial charge in [0.25, 0.3) is 0 Å². The molecule has 1 aliphatic heterocycles. The predicted octanol–water partition coefficient (Wildman–Crippen LogP) is 5.46. The first-order valence-electron chi connectivity index (χ1n) is 11.8. The highest BCUT2D eigenvalue weighted by molar-refractivity contribution is 7.15. The lowest BCUT2D eigenvalue weighted by Crippen LogP contribution is -2.42. The van der Waals surface area contributed by atoms with Gasteiger partial charge < -0.3 is 19.5 Å². The topological polar surface area (TPSA) is 46.5 Å². The van der Waals surface area contributed by atoms with Gasteiger partial charge >= 0.3 is 6.03 Å². The Bertz CT molecular complexity index is 1070. The maximum atomic E-state index is 13.6. The Balaban J connectivity index is 1.54. The molecule has 5 nitrogen and oxygen atoms in total. The molecule has 2 aliphatic rings. The smallest absolute Gasteiger partial charge is 0.318 e. The summed E-state index contributed by atoms with van der Waals surface area (Å²) in [6, 6.07) is 14.6. The van der Waals surface area contributed by atoms with E-state index in [2.05, 4.69) is 52.5 Å². The molecule has 2 aromatic heterocycles. The van der Waals surface area contributed by atoms with Gasteiger partial charge in [0.15, 0.2) is 0 Å². The van der Waals surface area contributed by atoms with Gasteiger partial charge in [-0.15, -0.1) is 11.3 Å². The van der Waals surface area contributed by atoms with Crippen molar-refractivity contribution in [3.8, 4) is 5.00 Å². The van der Waals surface area contributed by atoms with Crippen molar-refractivity contribution in [3.05, 3.63) is 75.9 Å². The van der Waals surface area contributed by atoms with E-state index in [0.29, 0.717) is 26.3 Å². The van der Waals surface area contributed by atoms with Crippen molar-refractivity contribution < 1.29 is 9.53 Å². The molecule has 3 aromatic rings. The number of ether oxygens (including phenoxy) is 1. The molecule has 5 rings (SSSR count). The van der Waals surface area contributed by atoms with Gasteiger partial charge in [0.05, 0.1) is 18.3 Å². The fourth-order valence-electron chi connectivity index (χ4n) is 4.99. The van der Waals surface area contributed by atoms with Crippen LogP contribution in [0, 0.1) is 0 Å². The molecule has 1 N–H and O–H groups in total. The summed E-state index contributed by atoms with van der Waals surface area (Å²) in [6.45, 7) is 4.63. The maximum Gasteiger partial charge on any atom is 0.318 e. The van der Waals surface area contributed by atoms with Gasteiger partial charge in [0.1, 0.15) is 5.00 Å². The first-order valence-corrected chi connectivity index (χ1v) is 12.6. The zero-order valence-corrected chi connectivity index (χ0v) is 19.5. The number of nitrogens with one attached hydrogen (secondary N) is 1. The van der Waals surface area contributed by atoms with Crippen LogP contribution >= 0.6 is 11.3 Å². The minimum absolute atomic E-state index is 0.00768. The minimum Gasteiger partial charge on any atom is -0.382 e. The molecule has 2 amide bonds. The Morgan fingerprint density at radius 1 is 1.12 bits per heavy atom. The van der Waals surface area contributed by atoms with E-state index >= 15 is 0 Å². The molecule has 168 valence electrons. The fraction of sp³-hybridized carbons (Fsp3) is 0.423. The second-order valence-corrected chi connectivity index (χ2v) is 9.60. The van der Waals surface area contributed by atoms with Crippen LogP contribution in [0.5, 0.6) is 0 Å². The summed E-state index contributed by atoms with van der Waals surface area (Å²) in [5.41, 5.74) is 5.11. The lowest BCUT2D eigenvalue weighted by Gasteiger charge is -2.31. The van der Waals surface area contributed by atoms with Crippen LogP contribution in [0.4, 0.5) is 4.79 Å². The van der Waals surface area contributed by atoms with Gasteiger partial charge in [-0.1, -0.05) is 30.3 Å². The first-order chi connectivity index (χ1) is 15.8. The normalized spacial score (nSPS) is 17.3. The molecule has 0 saturated heterocycles. The van der Waals surface area contributed by atoms with Crippen LogP contribution in [0.25, 0.3) is 5.00 Å². The molecule has 6 heteroatoms. The van der Waals surface area contributed by atoms with Crippen molar-refractivity contribution in [1.82, 2.24) is 14.8 Å². The van der Waals surface area contributed by atoms with Crippen LogP contribution in [0.3, 0.4) is 0 Å². The molecular weight excluding hydrogens is 418 g/mol. The number of aryl methyl sites for hydroxylation is 1. The largest absolute Gasteiger partial charge is 0.382 e. The van der Waals surface area contributed by atoms with Crippen molar-refractivity contribution in [2.75, 3.05) is 19.8 Å². The summed E-state index contributed by atoms with van der Waals surface area (Å²) in [6.07, 6.45) is 7.77. The van der Waals surface area contributed by atoms with Gasteiger partial charge in [0.2, 0.25) is 0 Å². The first kappa shape index (κ1) is 21.3. The van der Waals surface area contributed by atoms with E-state index < -0.39 is 0 Å². The highest BCUT2D eigenvalue weighted by atomic mass is 32.1. The van der Waals surface area contributed by atoms with Crippen molar-refractivity contribution in [3.63, 3.8) is 0 Å². The van der Waals surface area contributed by atoms with E-state index in [1.165, 1.54) is 33.8 Å². The maximum absolute atomic E-state index is 13.6. The van der Waals surface area contributed by atoms with E-state index in [1.54, 1.807) is 0 Å². The number of hydrogen-bond acceptors (Lipinski definition) is 3. The van der Waals surface area contributed by atoms with E-state index in [-0.39, 0.29) is 12.1 Å². The Morgan fingerprint density at radius 3 is 2.81 bits per heavy atom. The second-order valence-electron chi connectivity index (χ2n) is 8.52. The number of amides is 2. The third kappa shape index (κ3) is 3.97. The van der Waals surface area contributed by atoms with Crippen LogP contribution in [0.15, 0.2) is 48.7 Å². The zero-order chi connectivity index (χ0) is 21.9. The number of fused-ring (bicyclic) bond motifs is 5. The lowest BCUT2D eigenvalue weighted by molar-refractivity contribution is 0.143. The number of carbonyl (C=O) groups is 1. The number of urea groups is 1. The highest BCUT2D eigenvalue weighted by Crippen LogP contribution is 2.43. The molecular formula is C26H31N3O2S. The summed E-state index contributed by atoms with van der Waals surface area (Å²) in [5, 5.41) is 4.46. The number of rotatable bonds is 6. The standard InChI is InChI=1S/C26H31N3O2S/c1-2-31-17-9-15-27-26(30)29-18-21-20-12-6-7-14-23(20)32-25(21)28-16-8-13-22(28)24(29)19-10-4-3-5-11-19/h3-5,8,10-11,13,16,24H,2,6-7,9,12,14-15,17-18H2,1H3,(H,27,30). The molecule has 0 bridgehead atoms. The predicted molar refractivity (Wildman–Crippen MR) is 129 cm³/mol. The molecule has 32 heavy (non-hydrogen) atoms. The zero-order valence-electron chi connectivity index (χ0n) is 18.7. The molecule has 0 fully saturated rings. The minimum atomic E-state index is -0.128. The Hall–Kier alpha value is -2.57. The molecule has 3 heterocycles. The summed E-state index contributed by atoms with van der Waals surface area (Å²) in [7, 11) is 0. The summed E-state index contributed by atoms with van der Waals surface area (Å²) >= 11 is 1.92. The summed E-state index contributed by atoms with van der Waals surface area (Å²) in [4.78, 5) is 17.1. The third-order valence-electron chi connectivity index (χ3n) is 6.50. The van der Waals surface area contributed by atoms with Crippen LogP contribution in [0.1, 0.15) is 59.5 Å². The lowest BCUT2D eigenvalue weighted by atomic mass is 9.95. The molecule has 1 aliphatic carbocycles. The van der Waals surface area contributed by atoms with E-state index in [9.17, 15) is 4.79 Å². The van der Waals surface area contributed by atoms with Gasteiger partial charge in [-0.25, -0.2) is 4.79 Å². The van der Waals surface area contributed by atoms with Gasteiger partial charge in [-0.05, 0) is 62.3 Å². The Labute approximate surface area is 194 Å². The summed E-state index contributed by atoms with van der Waals surface area (Å²) in [5.74, 6) is 0. The number of nitrogens with zero attached hydrogens (tertiary/aromatic N) is 2. The molecule has 1 aromatic carbocycles. The van der Waals surface area contributed by atoms with E-state index in [1.807, 2.05) is 29.2 Å². The molecule has 1 unspecified atom stereocenters. The van der Waals surface area contributed by atoms with Gasteiger partial charge in [-0.3, -0.25) is 0 Å². The SMILES string of the molecule is CCOCCCNC(=O)N1Cc2c(sc3c2CCCC3)-n2cccc2C1c1ccccc1. The van der Waals surface area contributed by atoms with Crippen LogP contribution in [-0.4, -0.2) is 35.3 Å². The number of benzene rings is 1. The van der Waals surface area contributed by atoms with Gasteiger partial charge in [-0.2, -0.15) is 0 Å². The average Bonchev–Trinajstić information content (AvgIpc) is 3.41. The van der Waals surface area contributed by atoms with Crippen molar-refractivity contribution in [2.24, 2.45) is 0 Å². The number of carbonyl (C=O) groups excluding carboxylic acids is 1. The molecule has 0 radical (unpaired) electrons. The second kappa shape index (κ2) is 9.51.